The minimum atomic E-state index is -0.546. The molecule has 16 heavy (non-hydrogen) atoms. The van der Waals surface area contributed by atoms with Crippen LogP contribution >= 0.6 is 15.9 Å². The molecule has 90 valence electrons. The van der Waals surface area contributed by atoms with Crippen molar-refractivity contribution in [3.8, 4) is 5.75 Å². The average Bonchev–Trinajstić information content (AvgIpc) is 2.22. The van der Waals surface area contributed by atoms with Crippen molar-refractivity contribution in [1.82, 2.24) is 0 Å². The molecule has 0 aliphatic carbocycles. The highest BCUT2D eigenvalue weighted by Gasteiger charge is 2.20. The number of aliphatic hydroxyl groups excluding tert-OH is 1. The summed E-state index contributed by atoms with van der Waals surface area (Å²) in [5.41, 5.74) is 8.15. The van der Waals surface area contributed by atoms with Crippen LogP contribution in [0.1, 0.15) is 42.5 Å². The Balaban J connectivity index is 3.45. The number of aromatic hydroxyl groups is 1. The van der Waals surface area contributed by atoms with Crippen LogP contribution in [0, 0.1) is 6.92 Å². The van der Waals surface area contributed by atoms with Crippen LogP contribution < -0.4 is 5.73 Å². The fraction of sp³-hybridized carbons (Fsp3) is 0.500. The Labute approximate surface area is 104 Å². The maximum absolute atomic E-state index is 10.2. The van der Waals surface area contributed by atoms with Crippen LogP contribution in [0.3, 0.4) is 0 Å². The van der Waals surface area contributed by atoms with Gasteiger partial charge in [0.15, 0.2) is 0 Å². The first kappa shape index (κ1) is 13.5. The third-order valence-corrected chi connectivity index (χ3v) is 3.59. The van der Waals surface area contributed by atoms with E-state index >= 15 is 0 Å². The fourth-order valence-corrected chi connectivity index (χ4v) is 2.22. The van der Waals surface area contributed by atoms with Crippen molar-refractivity contribution in [2.45, 2.75) is 32.7 Å². The number of rotatable bonds is 3. The summed E-state index contributed by atoms with van der Waals surface area (Å²) >= 11 is 3.45. The van der Waals surface area contributed by atoms with Crippen LogP contribution in [0.4, 0.5) is 0 Å². The molecule has 0 fully saturated rings. The van der Waals surface area contributed by atoms with Crippen molar-refractivity contribution in [3.63, 3.8) is 0 Å². The topological polar surface area (TPSA) is 66.5 Å². The Morgan fingerprint density at radius 3 is 2.44 bits per heavy atom. The van der Waals surface area contributed by atoms with E-state index in [1.807, 2.05) is 26.8 Å². The molecule has 3 nitrogen and oxygen atoms in total. The summed E-state index contributed by atoms with van der Waals surface area (Å²) in [6, 6.07) is 1.36. The zero-order valence-electron chi connectivity index (χ0n) is 9.79. The summed E-state index contributed by atoms with van der Waals surface area (Å²) < 4.78 is 0.910. The molecular weight excluding hydrogens is 270 g/mol. The van der Waals surface area contributed by atoms with Crippen molar-refractivity contribution in [2.75, 3.05) is 6.61 Å². The molecule has 1 unspecified atom stereocenters. The molecule has 0 amide bonds. The first-order valence-corrected chi connectivity index (χ1v) is 6.07. The van der Waals surface area contributed by atoms with Gasteiger partial charge < -0.3 is 15.9 Å². The standard InChI is InChI=1S/C12H18BrNO2/c1-6(2)8-4-9(13)7(3)11(12(8)16)10(14)5-15/h4,6,10,15-16H,5,14H2,1-3H3. The lowest BCUT2D eigenvalue weighted by molar-refractivity contribution is 0.264. The monoisotopic (exact) mass is 287 g/mol. The minimum absolute atomic E-state index is 0.178. The third kappa shape index (κ3) is 2.39. The number of halogens is 1. The lowest BCUT2D eigenvalue weighted by atomic mass is 9.93. The number of phenols is 1. The number of phenolic OH excluding ortho intramolecular Hbond substituents is 1. The van der Waals surface area contributed by atoms with E-state index < -0.39 is 6.04 Å². The van der Waals surface area contributed by atoms with Crippen LogP contribution in [0.15, 0.2) is 10.5 Å². The summed E-state index contributed by atoms with van der Waals surface area (Å²) in [6.45, 7) is 5.71. The molecule has 0 saturated heterocycles. The van der Waals surface area contributed by atoms with Crippen molar-refractivity contribution < 1.29 is 10.2 Å². The van der Waals surface area contributed by atoms with Crippen LogP contribution in [-0.2, 0) is 0 Å². The van der Waals surface area contributed by atoms with E-state index in [1.165, 1.54) is 0 Å². The lowest BCUT2D eigenvalue weighted by Gasteiger charge is -2.20. The van der Waals surface area contributed by atoms with Gasteiger partial charge in [0.25, 0.3) is 0 Å². The number of benzene rings is 1. The fourth-order valence-electron chi connectivity index (χ4n) is 1.76. The normalized spacial score (nSPS) is 13.2. The van der Waals surface area contributed by atoms with Gasteiger partial charge in [-0.1, -0.05) is 29.8 Å². The Morgan fingerprint density at radius 1 is 1.44 bits per heavy atom. The van der Waals surface area contributed by atoms with Crippen molar-refractivity contribution in [1.29, 1.82) is 0 Å². The summed E-state index contributed by atoms with van der Waals surface area (Å²) in [5, 5.41) is 19.3. The number of hydrogen-bond donors (Lipinski definition) is 3. The summed E-state index contributed by atoms with van der Waals surface area (Å²) in [5.74, 6) is 0.416. The molecule has 0 bridgehead atoms. The van der Waals surface area contributed by atoms with Gasteiger partial charge in [0.05, 0.1) is 12.6 Å². The second kappa shape index (κ2) is 5.17. The zero-order chi connectivity index (χ0) is 12.5. The van der Waals surface area contributed by atoms with E-state index in [4.69, 9.17) is 10.8 Å². The van der Waals surface area contributed by atoms with Gasteiger partial charge in [-0.15, -0.1) is 0 Å². The molecule has 1 aromatic carbocycles. The largest absolute Gasteiger partial charge is 0.507 e. The van der Waals surface area contributed by atoms with Crippen molar-refractivity contribution in [3.05, 3.63) is 27.2 Å². The average molecular weight is 288 g/mol. The highest BCUT2D eigenvalue weighted by atomic mass is 79.9. The number of aliphatic hydroxyl groups is 1. The van der Waals surface area contributed by atoms with Crippen molar-refractivity contribution in [2.24, 2.45) is 5.73 Å². The summed E-state index contributed by atoms with van der Waals surface area (Å²) in [6.07, 6.45) is 0. The Hall–Kier alpha value is -0.580. The van der Waals surface area contributed by atoms with Crippen LogP contribution in [-0.4, -0.2) is 16.8 Å². The highest BCUT2D eigenvalue weighted by molar-refractivity contribution is 9.10. The van der Waals surface area contributed by atoms with Gasteiger partial charge in [0.1, 0.15) is 5.75 Å². The molecular formula is C12H18BrNO2. The van der Waals surface area contributed by atoms with E-state index in [-0.39, 0.29) is 18.3 Å². The van der Waals surface area contributed by atoms with Crippen LogP contribution in [0.5, 0.6) is 5.75 Å². The first-order valence-electron chi connectivity index (χ1n) is 5.28. The van der Waals surface area contributed by atoms with Gasteiger partial charge in [-0.2, -0.15) is 0 Å². The molecule has 1 rings (SSSR count). The molecule has 0 aliphatic heterocycles. The summed E-state index contributed by atoms with van der Waals surface area (Å²) in [4.78, 5) is 0. The van der Waals surface area contributed by atoms with Gasteiger partial charge in [-0.25, -0.2) is 0 Å². The van der Waals surface area contributed by atoms with E-state index in [9.17, 15) is 5.11 Å². The molecule has 4 N–H and O–H groups in total. The maximum Gasteiger partial charge on any atom is 0.124 e. The minimum Gasteiger partial charge on any atom is -0.507 e. The molecule has 0 heterocycles. The Morgan fingerprint density at radius 2 is 2.00 bits per heavy atom. The second-order valence-electron chi connectivity index (χ2n) is 4.28. The lowest BCUT2D eigenvalue weighted by Crippen LogP contribution is -2.17. The van der Waals surface area contributed by atoms with Gasteiger partial charge >= 0.3 is 0 Å². The molecule has 0 aliphatic rings. The first-order chi connectivity index (χ1) is 7.40. The van der Waals surface area contributed by atoms with E-state index in [0.29, 0.717) is 5.56 Å². The molecule has 0 spiro atoms. The third-order valence-electron chi connectivity index (χ3n) is 2.76. The molecule has 0 aromatic heterocycles. The van der Waals surface area contributed by atoms with Crippen LogP contribution in [0.25, 0.3) is 0 Å². The maximum atomic E-state index is 10.2. The van der Waals surface area contributed by atoms with Crippen LogP contribution in [0.2, 0.25) is 0 Å². The quantitative estimate of drug-likeness (QED) is 0.801. The van der Waals surface area contributed by atoms with E-state index in [0.717, 1.165) is 15.6 Å². The molecule has 0 saturated carbocycles. The zero-order valence-corrected chi connectivity index (χ0v) is 11.4. The van der Waals surface area contributed by atoms with Gasteiger partial charge in [0, 0.05) is 10.0 Å². The predicted octanol–water partition coefficient (Wildman–Crippen LogP) is 2.58. The van der Waals surface area contributed by atoms with Gasteiger partial charge in [-0.3, -0.25) is 0 Å². The number of hydrogen-bond acceptors (Lipinski definition) is 3. The predicted molar refractivity (Wildman–Crippen MR) is 68.6 cm³/mol. The van der Waals surface area contributed by atoms with E-state index in [2.05, 4.69) is 15.9 Å². The second-order valence-corrected chi connectivity index (χ2v) is 5.13. The Bertz CT molecular complexity index is 391. The van der Waals surface area contributed by atoms with Gasteiger partial charge in [0.2, 0.25) is 0 Å². The van der Waals surface area contributed by atoms with Gasteiger partial charge in [-0.05, 0) is 30.0 Å². The highest BCUT2D eigenvalue weighted by Crippen LogP contribution is 2.38. The van der Waals surface area contributed by atoms with Crippen molar-refractivity contribution >= 4 is 15.9 Å². The molecule has 1 aromatic rings. The van der Waals surface area contributed by atoms with E-state index in [1.54, 1.807) is 0 Å². The summed E-state index contributed by atoms with van der Waals surface area (Å²) in [7, 11) is 0. The molecule has 0 radical (unpaired) electrons. The Kier molecular flexibility index (Phi) is 4.35. The smallest absolute Gasteiger partial charge is 0.124 e. The molecule has 4 heteroatoms. The molecule has 1 atom stereocenters. The SMILES string of the molecule is Cc1c(Br)cc(C(C)C)c(O)c1C(N)CO. The number of nitrogens with two attached hydrogens (primary N) is 1.